The van der Waals surface area contributed by atoms with Crippen LogP contribution in [-0.4, -0.2) is 6.43 Å². The van der Waals surface area contributed by atoms with Crippen LogP contribution in [0.4, 0.5) is 22.0 Å². The summed E-state index contributed by atoms with van der Waals surface area (Å²) < 4.78 is 54.0. The first kappa shape index (κ1) is 11.5. The molecule has 0 heterocycles. The fourth-order valence-electron chi connectivity index (χ4n) is 0.0825. The maximum absolute atomic E-state index is 11.0. The smallest absolute Gasteiger partial charge is 0.202 e. The SMILES string of the molecule is Cl.FC(F)=C(F)C(F)F. The second kappa shape index (κ2) is 4.55. The summed E-state index contributed by atoms with van der Waals surface area (Å²) in [6, 6.07) is 0. The van der Waals surface area contributed by atoms with E-state index in [1.54, 1.807) is 0 Å². The Balaban J connectivity index is 0. The van der Waals surface area contributed by atoms with Crippen molar-refractivity contribution in [1.29, 1.82) is 0 Å². The molecule has 0 aliphatic heterocycles. The van der Waals surface area contributed by atoms with Gasteiger partial charge in [-0.05, 0) is 0 Å². The summed E-state index contributed by atoms with van der Waals surface area (Å²) in [5.74, 6) is -2.65. The van der Waals surface area contributed by atoms with E-state index in [9.17, 15) is 22.0 Å². The highest BCUT2D eigenvalue weighted by molar-refractivity contribution is 5.85. The van der Waals surface area contributed by atoms with Gasteiger partial charge in [-0.1, -0.05) is 0 Å². The Morgan fingerprint density at radius 2 is 1.33 bits per heavy atom. The van der Waals surface area contributed by atoms with Crippen LogP contribution in [0.3, 0.4) is 0 Å². The minimum atomic E-state index is -3.69. The van der Waals surface area contributed by atoms with Crippen molar-refractivity contribution in [3.63, 3.8) is 0 Å². The monoisotopic (exact) mass is 168 g/mol. The Hall–Kier alpha value is -0.320. The highest BCUT2D eigenvalue weighted by atomic mass is 35.5. The normalized spacial score (nSPS) is 8.67. The van der Waals surface area contributed by atoms with Gasteiger partial charge < -0.3 is 0 Å². The zero-order chi connectivity index (χ0) is 6.73. The van der Waals surface area contributed by atoms with Crippen LogP contribution in [0.25, 0.3) is 0 Å². The summed E-state index contributed by atoms with van der Waals surface area (Å²) in [6.45, 7) is 0. The molecule has 0 spiro atoms. The molecule has 0 unspecified atom stereocenters. The average molecular weight is 168 g/mol. The lowest BCUT2D eigenvalue weighted by molar-refractivity contribution is 0.145. The molecule has 0 aromatic rings. The molecule has 0 atom stereocenters. The molecule has 0 aromatic heterocycles. The molecule has 0 saturated carbocycles. The maximum atomic E-state index is 11.0. The van der Waals surface area contributed by atoms with Crippen LogP contribution in [0.15, 0.2) is 11.9 Å². The highest BCUT2D eigenvalue weighted by Gasteiger charge is 2.16. The molecule has 56 valence electrons. The van der Waals surface area contributed by atoms with E-state index in [4.69, 9.17) is 0 Å². The summed E-state index contributed by atoms with van der Waals surface area (Å²) in [7, 11) is 0. The van der Waals surface area contributed by atoms with Crippen LogP contribution in [0.1, 0.15) is 0 Å². The predicted octanol–water partition coefficient (Wildman–Crippen LogP) is 2.75. The maximum Gasteiger partial charge on any atom is 0.307 e. The van der Waals surface area contributed by atoms with Gasteiger partial charge in [-0.2, -0.15) is 13.2 Å². The van der Waals surface area contributed by atoms with Crippen molar-refractivity contribution in [3.05, 3.63) is 11.9 Å². The molecule has 0 bridgehead atoms. The third kappa shape index (κ3) is 4.20. The fourth-order valence-corrected chi connectivity index (χ4v) is 0.0825. The van der Waals surface area contributed by atoms with Crippen molar-refractivity contribution in [1.82, 2.24) is 0 Å². The minimum absolute atomic E-state index is 0. The van der Waals surface area contributed by atoms with E-state index in [-0.39, 0.29) is 12.4 Å². The Morgan fingerprint density at radius 3 is 1.33 bits per heavy atom. The third-order valence-corrected chi connectivity index (χ3v) is 0.372. The van der Waals surface area contributed by atoms with Crippen molar-refractivity contribution >= 4 is 12.4 Å². The molecule has 0 saturated heterocycles. The lowest BCUT2D eigenvalue weighted by atomic mass is 10.6. The molecule has 0 nitrogen and oxygen atoms in total. The summed E-state index contributed by atoms with van der Waals surface area (Å²) in [4.78, 5) is 0. The lowest BCUT2D eigenvalue weighted by Gasteiger charge is -1.88. The number of hydrogen-bond donors (Lipinski definition) is 0. The van der Waals surface area contributed by atoms with E-state index in [0.29, 0.717) is 0 Å². The van der Waals surface area contributed by atoms with E-state index in [1.165, 1.54) is 0 Å². The van der Waals surface area contributed by atoms with Crippen LogP contribution in [0.5, 0.6) is 0 Å². The second-order valence-corrected chi connectivity index (χ2v) is 0.909. The van der Waals surface area contributed by atoms with Crippen LogP contribution in [0, 0.1) is 0 Å². The zero-order valence-corrected chi connectivity index (χ0v) is 4.69. The van der Waals surface area contributed by atoms with Crippen LogP contribution in [0.2, 0.25) is 0 Å². The van der Waals surface area contributed by atoms with Crippen molar-refractivity contribution < 1.29 is 22.0 Å². The summed E-state index contributed by atoms with van der Waals surface area (Å²) in [6.07, 6.45) is -6.65. The Kier molecular flexibility index (Phi) is 5.80. The van der Waals surface area contributed by atoms with Gasteiger partial charge >= 0.3 is 6.08 Å². The molecule has 0 rings (SSSR count). The van der Waals surface area contributed by atoms with Crippen molar-refractivity contribution in [2.75, 3.05) is 0 Å². The van der Waals surface area contributed by atoms with Gasteiger partial charge in [0, 0.05) is 0 Å². The standard InChI is InChI=1S/C3HF5.ClH/c4-1(2(5)6)3(7)8;/h2H;1H. The molecule has 0 fully saturated rings. The van der Waals surface area contributed by atoms with Gasteiger partial charge in [-0.25, -0.2) is 8.78 Å². The fraction of sp³-hybridized carbons (Fsp3) is 0.333. The Morgan fingerprint density at radius 1 is 1.00 bits per heavy atom. The molecule has 0 aliphatic carbocycles. The number of rotatable bonds is 1. The van der Waals surface area contributed by atoms with Crippen LogP contribution in [-0.2, 0) is 0 Å². The van der Waals surface area contributed by atoms with Crippen LogP contribution >= 0.6 is 12.4 Å². The number of halogens is 6. The van der Waals surface area contributed by atoms with Crippen molar-refractivity contribution in [2.24, 2.45) is 0 Å². The minimum Gasteiger partial charge on any atom is -0.202 e. The molecular formula is C3H2ClF5. The molecule has 0 amide bonds. The lowest BCUT2D eigenvalue weighted by Crippen LogP contribution is -1.90. The van der Waals surface area contributed by atoms with Gasteiger partial charge in [-0.15, -0.1) is 12.4 Å². The van der Waals surface area contributed by atoms with E-state index in [2.05, 4.69) is 0 Å². The predicted molar refractivity (Wildman–Crippen MR) is 23.6 cm³/mol. The van der Waals surface area contributed by atoms with Gasteiger partial charge in [0.05, 0.1) is 0 Å². The van der Waals surface area contributed by atoms with E-state index in [0.717, 1.165) is 0 Å². The molecule has 0 aromatic carbocycles. The number of hydrogen-bond acceptors (Lipinski definition) is 0. The Bertz CT molecular complexity index is 105. The van der Waals surface area contributed by atoms with Gasteiger partial charge in [0.15, 0.2) is 0 Å². The first-order valence-corrected chi connectivity index (χ1v) is 1.54. The van der Waals surface area contributed by atoms with Gasteiger partial charge in [0.1, 0.15) is 0 Å². The van der Waals surface area contributed by atoms with Crippen molar-refractivity contribution in [3.8, 4) is 0 Å². The topological polar surface area (TPSA) is 0 Å². The quantitative estimate of drug-likeness (QED) is 0.528. The van der Waals surface area contributed by atoms with E-state index in [1.807, 2.05) is 0 Å². The van der Waals surface area contributed by atoms with Gasteiger partial charge in [-0.3, -0.25) is 0 Å². The Labute approximate surface area is 53.8 Å². The largest absolute Gasteiger partial charge is 0.307 e. The molecule has 0 radical (unpaired) electrons. The molecule has 6 heteroatoms. The molecule has 0 N–H and O–H groups in total. The summed E-state index contributed by atoms with van der Waals surface area (Å²) >= 11 is 0. The summed E-state index contributed by atoms with van der Waals surface area (Å²) in [5.41, 5.74) is 0. The zero-order valence-electron chi connectivity index (χ0n) is 3.88. The van der Waals surface area contributed by atoms with Crippen LogP contribution < -0.4 is 0 Å². The molecular weight excluding hydrogens is 166 g/mol. The van der Waals surface area contributed by atoms with Crippen molar-refractivity contribution in [2.45, 2.75) is 6.43 Å². The van der Waals surface area contributed by atoms with E-state index < -0.39 is 18.3 Å². The third-order valence-electron chi connectivity index (χ3n) is 0.372. The van der Waals surface area contributed by atoms with Gasteiger partial charge in [0.25, 0.3) is 6.43 Å². The molecule has 0 aliphatic rings. The second-order valence-electron chi connectivity index (χ2n) is 0.909. The van der Waals surface area contributed by atoms with Gasteiger partial charge in [0.2, 0.25) is 5.83 Å². The first-order chi connectivity index (χ1) is 3.55. The highest BCUT2D eigenvalue weighted by Crippen LogP contribution is 2.16. The summed E-state index contributed by atoms with van der Waals surface area (Å²) in [5, 5.41) is 0. The van der Waals surface area contributed by atoms with E-state index >= 15 is 0 Å². The average Bonchev–Trinajstić information content (AvgIpc) is 1.64. The number of alkyl halides is 2. The number of allylic oxidation sites excluding steroid dienone is 1. The first-order valence-electron chi connectivity index (χ1n) is 1.54. The molecule has 9 heavy (non-hydrogen) atoms.